The van der Waals surface area contributed by atoms with Gasteiger partial charge in [-0.3, -0.25) is 9.59 Å². The molecule has 0 radical (unpaired) electrons. The average molecular weight is 529 g/mol. The van der Waals surface area contributed by atoms with Gasteiger partial charge in [0.2, 0.25) is 0 Å². The highest BCUT2D eigenvalue weighted by Crippen LogP contribution is 2.23. The predicted octanol–water partition coefficient (Wildman–Crippen LogP) is 4.51. The van der Waals surface area contributed by atoms with Gasteiger partial charge in [-0.25, -0.2) is 10.2 Å². The van der Waals surface area contributed by atoms with Crippen LogP contribution in [0.25, 0.3) is 0 Å². The minimum Gasteiger partial charge on any atom is -0.422 e. The van der Waals surface area contributed by atoms with Crippen LogP contribution in [0.2, 0.25) is 5.02 Å². The normalized spacial score (nSPS) is 10.6. The van der Waals surface area contributed by atoms with Gasteiger partial charge in [0.15, 0.2) is 0 Å². The summed E-state index contributed by atoms with van der Waals surface area (Å²) >= 11 is 9.22. The first-order chi connectivity index (χ1) is 15.8. The van der Waals surface area contributed by atoms with Crippen LogP contribution >= 0.6 is 27.5 Å². The Morgan fingerprint density at radius 1 is 1.03 bits per heavy atom. The maximum absolute atomic E-state index is 12.5. The van der Waals surface area contributed by atoms with Crippen molar-refractivity contribution in [1.29, 1.82) is 0 Å². The Morgan fingerprint density at radius 3 is 2.55 bits per heavy atom. The molecule has 2 amide bonds. The van der Waals surface area contributed by atoms with E-state index in [0.717, 1.165) is 10.0 Å². The second-order valence-electron chi connectivity index (χ2n) is 6.93. The summed E-state index contributed by atoms with van der Waals surface area (Å²) in [5.74, 6) is -1.20. The van der Waals surface area contributed by atoms with Crippen molar-refractivity contribution in [1.82, 2.24) is 10.7 Å². The van der Waals surface area contributed by atoms with Crippen LogP contribution in [0.15, 0.2) is 76.3 Å². The van der Waals surface area contributed by atoms with Gasteiger partial charge in [-0.1, -0.05) is 51.3 Å². The molecule has 2 N–H and O–H groups in total. The number of ether oxygens (including phenoxy) is 1. The number of rotatable bonds is 7. The zero-order chi connectivity index (χ0) is 23.8. The van der Waals surface area contributed by atoms with Crippen molar-refractivity contribution in [3.8, 4) is 5.75 Å². The molecule has 0 spiro atoms. The second kappa shape index (κ2) is 11.4. The van der Waals surface area contributed by atoms with Gasteiger partial charge in [-0.15, -0.1) is 0 Å². The van der Waals surface area contributed by atoms with Crippen molar-refractivity contribution in [3.05, 3.63) is 98.5 Å². The van der Waals surface area contributed by atoms with Gasteiger partial charge in [0.25, 0.3) is 11.8 Å². The maximum Gasteiger partial charge on any atom is 0.343 e. The van der Waals surface area contributed by atoms with Crippen molar-refractivity contribution >= 4 is 51.5 Å². The highest BCUT2D eigenvalue weighted by atomic mass is 79.9. The van der Waals surface area contributed by atoms with Crippen LogP contribution < -0.4 is 15.5 Å². The van der Waals surface area contributed by atoms with Gasteiger partial charge in [0, 0.05) is 20.6 Å². The number of nitrogens with zero attached hydrogens (tertiary/aromatic N) is 1. The van der Waals surface area contributed by atoms with E-state index in [4.69, 9.17) is 16.3 Å². The van der Waals surface area contributed by atoms with Gasteiger partial charge in [0.1, 0.15) is 5.75 Å². The number of amides is 2. The van der Waals surface area contributed by atoms with Gasteiger partial charge >= 0.3 is 5.97 Å². The monoisotopic (exact) mass is 527 g/mol. The average Bonchev–Trinajstić information content (AvgIpc) is 2.79. The molecule has 3 rings (SSSR count). The van der Waals surface area contributed by atoms with Crippen molar-refractivity contribution in [2.24, 2.45) is 5.10 Å². The van der Waals surface area contributed by atoms with Crippen LogP contribution in [0.4, 0.5) is 0 Å². The first-order valence-corrected chi connectivity index (χ1v) is 10.9. The van der Waals surface area contributed by atoms with E-state index < -0.39 is 17.8 Å². The molecule has 0 unspecified atom stereocenters. The summed E-state index contributed by atoms with van der Waals surface area (Å²) in [6.07, 6.45) is 1.35. The molecule has 3 aromatic carbocycles. The molecule has 7 nitrogen and oxygen atoms in total. The lowest BCUT2D eigenvalue weighted by Crippen LogP contribution is -2.34. The molecular weight excluding hydrogens is 510 g/mol. The van der Waals surface area contributed by atoms with E-state index in [1.165, 1.54) is 12.3 Å². The number of nitrogens with one attached hydrogen (secondary N) is 2. The molecule has 0 heterocycles. The van der Waals surface area contributed by atoms with Crippen LogP contribution in [0.1, 0.15) is 31.8 Å². The highest BCUT2D eigenvalue weighted by Gasteiger charge is 2.12. The third-order valence-electron chi connectivity index (χ3n) is 4.32. The molecule has 0 saturated carbocycles. The van der Waals surface area contributed by atoms with Crippen LogP contribution in [0.5, 0.6) is 5.75 Å². The predicted molar refractivity (Wildman–Crippen MR) is 130 cm³/mol. The smallest absolute Gasteiger partial charge is 0.343 e. The van der Waals surface area contributed by atoms with Crippen molar-refractivity contribution in [3.63, 3.8) is 0 Å². The number of aryl methyl sites for hydroxylation is 1. The quantitative estimate of drug-likeness (QED) is 0.204. The standard InChI is InChI=1S/C24H19BrClN3O4/c1-15-4-2-6-17(10-15)24(32)33-21-9-8-19(25)11-18(21)13-28-29-22(30)14-27-23(31)16-5-3-7-20(26)12-16/h2-13H,14H2,1H3,(H,27,31)(H,29,30)/b28-13-. The fraction of sp³-hybridized carbons (Fsp3) is 0.0833. The van der Waals surface area contributed by atoms with Crippen LogP contribution in [-0.4, -0.2) is 30.5 Å². The summed E-state index contributed by atoms with van der Waals surface area (Å²) in [6.45, 7) is 1.60. The molecule has 33 heavy (non-hydrogen) atoms. The van der Waals surface area contributed by atoms with Crippen molar-refractivity contribution in [2.45, 2.75) is 6.92 Å². The molecule has 0 bridgehead atoms. The second-order valence-corrected chi connectivity index (χ2v) is 8.28. The minimum atomic E-state index is -0.532. The Labute approximate surface area is 203 Å². The fourth-order valence-corrected chi connectivity index (χ4v) is 3.32. The molecule has 0 saturated heterocycles. The summed E-state index contributed by atoms with van der Waals surface area (Å²) in [5.41, 5.74) is 4.49. The van der Waals surface area contributed by atoms with Crippen LogP contribution in [0.3, 0.4) is 0 Å². The van der Waals surface area contributed by atoms with Gasteiger partial charge in [0.05, 0.1) is 18.3 Å². The Balaban J connectivity index is 1.60. The Morgan fingerprint density at radius 2 is 1.79 bits per heavy atom. The molecule has 0 aliphatic rings. The largest absolute Gasteiger partial charge is 0.422 e. The molecule has 0 aliphatic heterocycles. The lowest BCUT2D eigenvalue weighted by Gasteiger charge is -2.08. The number of benzene rings is 3. The van der Waals surface area contributed by atoms with E-state index in [2.05, 4.69) is 31.8 Å². The number of carbonyl (C=O) groups is 3. The van der Waals surface area contributed by atoms with Gasteiger partial charge in [-0.05, 0) is 55.5 Å². The number of esters is 1. The molecule has 0 aromatic heterocycles. The fourth-order valence-electron chi connectivity index (χ4n) is 2.75. The zero-order valence-electron chi connectivity index (χ0n) is 17.5. The first kappa shape index (κ1) is 24.2. The Hall–Kier alpha value is -3.49. The van der Waals surface area contributed by atoms with E-state index in [9.17, 15) is 14.4 Å². The van der Waals surface area contributed by atoms with E-state index in [0.29, 0.717) is 21.7 Å². The Bertz CT molecular complexity index is 1230. The van der Waals surface area contributed by atoms with Crippen molar-refractivity contribution < 1.29 is 19.1 Å². The van der Waals surface area contributed by atoms with E-state index in [1.807, 2.05) is 13.0 Å². The zero-order valence-corrected chi connectivity index (χ0v) is 19.8. The molecular formula is C24H19BrClN3O4. The molecule has 3 aromatic rings. The SMILES string of the molecule is Cc1cccc(C(=O)Oc2ccc(Br)cc2/C=N\NC(=O)CNC(=O)c2cccc(Cl)c2)c1. The number of halogens is 2. The topological polar surface area (TPSA) is 96.9 Å². The van der Waals surface area contributed by atoms with Crippen LogP contribution in [-0.2, 0) is 4.79 Å². The number of hydrogen-bond donors (Lipinski definition) is 2. The lowest BCUT2D eigenvalue weighted by atomic mass is 10.1. The van der Waals surface area contributed by atoms with E-state index in [1.54, 1.807) is 54.6 Å². The van der Waals surface area contributed by atoms with E-state index >= 15 is 0 Å². The number of hydrazone groups is 1. The molecule has 168 valence electrons. The van der Waals surface area contributed by atoms with Gasteiger partial charge in [-0.2, -0.15) is 5.10 Å². The summed E-state index contributed by atoms with van der Waals surface area (Å²) in [6, 6.07) is 18.5. The van der Waals surface area contributed by atoms with E-state index in [-0.39, 0.29) is 12.3 Å². The molecule has 9 heteroatoms. The molecule has 0 fully saturated rings. The van der Waals surface area contributed by atoms with Gasteiger partial charge < -0.3 is 10.1 Å². The third-order valence-corrected chi connectivity index (χ3v) is 5.05. The maximum atomic E-state index is 12.5. The van der Waals surface area contributed by atoms with Crippen molar-refractivity contribution in [2.75, 3.05) is 6.54 Å². The highest BCUT2D eigenvalue weighted by molar-refractivity contribution is 9.10. The first-order valence-electron chi connectivity index (χ1n) is 9.76. The summed E-state index contributed by atoms with van der Waals surface area (Å²) in [5, 5.41) is 6.80. The van der Waals surface area contributed by atoms with Crippen LogP contribution in [0, 0.1) is 6.92 Å². The summed E-state index contributed by atoms with van der Waals surface area (Å²) < 4.78 is 6.24. The number of hydrogen-bond acceptors (Lipinski definition) is 5. The number of carbonyl (C=O) groups excluding carboxylic acids is 3. The summed E-state index contributed by atoms with van der Waals surface area (Å²) in [4.78, 5) is 36.6. The summed E-state index contributed by atoms with van der Waals surface area (Å²) in [7, 11) is 0. The molecule has 0 atom stereocenters. The Kier molecular flexibility index (Phi) is 8.34. The lowest BCUT2D eigenvalue weighted by molar-refractivity contribution is -0.120. The third kappa shape index (κ3) is 7.27. The molecule has 0 aliphatic carbocycles. The minimum absolute atomic E-state index is 0.275.